The van der Waals surface area contributed by atoms with Crippen molar-refractivity contribution in [2.24, 2.45) is 5.73 Å². The van der Waals surface area contributed by atoms with Gasteiger partial charge in [0.1, 0.15) is 0 Å². The molecule has 3 aliphatic heterocycles. The number of likely N-dealkylation sites (tertiary alicyclic amines) is 2. The van der Waals surface area contributed by atoms with Crippen molar-refractivity contribution in [1.29, 1.82) is 0 Å². The van der Waals surface area contributed by atoms with E-state index in [-0.39, 0.29) is 30.1 Å². The van der Waals surface area contributed by atoms with Crippen molar-refractivity contribution in [3.8, 4) is 0 Å². The summed E-state index contributed by atoms with van der Waals surface area (Å²) in [5.41, 5.74) is 13.7. The fraction of sp³-hybridized carbons (Fsp3) is 0.447. The zero-order valence-corrected chi connectivity index (χ0v) is 35.0. The van der Waals surface area contributed by atoms with Gasteiger partial charge in [-0.05, 0) is 116 Å². The summed E-state index contributed by atoms with van der Waals surface area (Å²) in [5.74, 6) is 1.38. The Hall–Kier alpha value is -4.25. The number of carbonyl (C=O) groups excluding carboxylic acids is 2. The number of hydrogen-bond acceptors (Lipinski definition) is 7. The van der Waals surface area contributed by atoms with Crippen LogP contribution in [0.4, 0.5) is 0 Å². The molecule has 0 unspecified atom stereocenters. The van der Waals surface area contributed by atoms with Gasteiger partial charge in [0.05, 0.1) is 24.0 Å². The number of piperidine rings is 2. The molecule has 3 aliphatic rings. The van der Waals surface area contributed by atoms with Gasteiger partial charge in [-0.25, -0.2) is 0 Å². The van der Waals surface area contributed by atoms with E-state index < -0.39 is 7.12 Å². The summed E-state index contributed by atoms with van der Waals surface area (Å²) in [6.07, 6.45) is 5.87. The van der Waals surface area contributed by atoms with Crippen molar-refractivity contribution in [3.05, 3.63) is 130 Å². The highest BCUT2D eigenvalue weighted by molar-refractivity contribution is 6.62. The third kappa shape index (κ3) is 10.9. The molecular formula is C47H61B2N3O6. The van der Waals surface area contributed by atoms with Crippen LogP contribution in [0.3, 0.4) is 0 Å². The molecule has 58 heavy (non-hydrogen) atoms. The van der Waals surface area contributed by atoms with Crippen LogP contribution in [-0.2, 0) is 44.7 Å². The van der Waals surface area contributed by atoms with Crippen molar-refractivity contribution in [2.75, 3.05) is 26.2 Å². The Morgan fingerprint density at radius 1 is 0.672 bits per heavy atom. The maximum atomic E-state index is 12.9. The molecule has 3 saturated heterocycles. The van der Waals surface area contributed by atoms with Crippen molar-refractivity contribution in [2.45, 2.75) is 109 Å². The minimum atomic E-state index is -1.48. The van der Waals surface area contributed by atoms with E-state index in [0.717, 1.165) is 80.4 Å². The Morgan fingerprint density at radius 2 is 1.10 bits per heavy atom. The van der Waals surface area contributed by atoms with Crippen molar-refractivity contribution in [3.63, 3.8) is 0 Å². The average molecular weight is 786 g/mol. The van der Waals surface area contributed by atoms with E-state index in [4.69, 9.17) is 25.1 Å². The van der Waals surface area contributed by atoms with Crippen LogP contribution in [-0.4, -0.2) is 83.3 Å². The van der Waals surface area contributed by atoms with Crippen LogP contribution in [0.2, 0.25) is 0 Å². The molecule has 4 aromatic rings. The number of hydrogen-bond donors (Lipinski definition) is 3. The minimum absolute atomic E-state index is 0.122. The predicted molar refractivity (Wildman–Crippen MR) is 233 cm³/mol. The zero-order chi connectivity index (χ0) is 41.5. The van der Waals surface area contributed by atoms with E-state index >= 15 is 0 Å². The van der Waals surface area contributed by atoms with Crippen LogP contribution < -0.4 is 16.7 Å². The molecule has 4 aromatic carbocycles. The monoisotopic (exact) mass is 785 g/mol. The van der Waals surface area contributed by atoms with Crippen LogP contribution in [0, 0.1) is 0 Å². The molecule has 3 fully saturated rings. The maximum Gasteiger partial charge on any atom is 0.494 e. The molecule has 2 amide bonds. The molecular weight excluding hydrogens is 724 g/mol. The van der Waals surface area contributed by atoms with Gasteiger partial charge >= 0.3 is 14.2 Å². The fourth-order valence-electron chi connectivity index (χ4n) is 8.12. The quantitative estimate of drug-likeness (QED) is 0.187. The minimum Gasteiger partial charge on any atom is -0.423 e. The number of rotatable bonds is 10. The highest BCUT2D eigenvalue weighted by Gasteiger charge is 2.51. The van der Waals surface area contributed by atoms with E-state index in [9.17, 15) is 9.59 Å². The highest BCUT2D eigenvalue weighted by atomic mass is 16.7. The first kappa shape index (κ1) is 43.3. The van der Waals surface area contributed by atoms with Gasteiger partial charge in [-0.3, -0.25) is 9.59 Å². The van der Waals surface area contributed by atoms with Gasteiger partial charge in [-0.2, -0.15) is 0 Å². The molecule has 9 nitrogen and oxygen atoms in total. The maximum absolute atomic E-state index is 12.9. The largest absolute Gasteiger partial charge is 0.494 e. The summed E-state index contributed by atoms with van der Waals surface area (Å²) in [7, 11) is -1.84. The number of benzene rings is 4. The van der Waals surface area contributed by atoms with Crippen LogP contribution in [0.15, 0.2) is 97.1 Å². The van der Waals surface area contributed by atoms with E-state index in [0.29, 0.717) is 36.7 Å². The van der Waals surface area contributed by atoms with Gasteiger partial charge in [-0.15, -0.1) is 0 Å². The van der Waals surface area contributed by atoms with Gasteiger partial charge in [0.2, 0.25) is 11.8 Å². The van der Waals surface area contributed by atoms with E-state index in [1.54, 1.807) is 24.3 Å². The molecule has 0 atom stereocenters. The Balaban J connectivity index is 0.000000200. The van der Waals surface area contributed by atoms with Crippen LogP contribution in [0.5, 0.6) is 0 Å². The topological polar surface area (TPSA) is 126 Å². The lowest BCUT2D eigenvalue weighted by Crippen LogP contribution is -2.41. The SMILES string of the molecule is CCc1cccc(C2CCN(C(=O)Cc3ccc(B4OC(C)(C)C(C)(C)O4)cc3)CC2)c1.NCc1cccc(C2CCN(C(=O)Cc3ccc(B(O)O)cc3)CC2)c1. The zero-order valence-electron chi connectivity index (χ0n) is 35.0. The summed E-state index contributed by atoms with van der Waals surface area (Å²) in [6.45, 7) is 14.2. The summed E-state index contributed by atoms with van der Waals surface area (Å²) < 4.78 is 12.3. The lowest BCUT2D eigenvalue weighted by atomic mass is 9.79. The van der Waals surface area contributed by atoms with Crippen LogP contribution >= 0.6 is 0 Å². The fourth-order valence-corrected chi connectivity index (χ4v) is 8.12. The van der Waals surface area contributed by atoms with Crippen LogP contribution in [0.1, 0.15) is 106 Å². The predicted octanol–water partition coefficient (Wildman–Crippen LogP) is 5.27. The van der Waals surface area contributed by atoms with Gasteiger partial charge in [0.15, 0.2) is 0 Å². The molecule has 7 rings (SSSR count). The number of amides is 2. The number of aryl methyl sites for hydroxylation is 1. The van der Waals surface area contributed by atoms with Gasteiger partial charge < -0.3 is 34.9 Å². The van der Waals surface area contributed by atoms with Gasteiger partial charge in [0, 0.05) is 32.7 Å². The van der Waals surface area contributed by atoms with Gasteiger partial charge in [0.25, 0.3) is 0 Å². The van der Waals surface area contributed by atoms with Crippen molar-refractivity contribution >= 4 is 37.0 Å². The normalized spacial score (nSPS) is 18.1. The van der Waals surface area contributed by atoms with E-state index in [1.165, 1.54) is 16.7 Å². The van der Waals surface area contributed by atoms with Crippen molar-refractivity contribution in [1.82, 2.24) is 9.80 Å². The smallest absolute Gasteiger partial charge is 0.423 e. The first-order valence-electron chi connectivity index (χ1n) is 21.1. The Labute approximate surface area is 346 Å². The molecule has 4 N–H and O–H groups in total. The molecule has 11 heteroatoms. The summed E-state index contributed by atoms with van der Waals surface area (Å²) in [5, 5.41) is 18.3. The lowest BCUT2D eigenvalue weighted by molar-refractivity contribution is -0.132. The average Bonchev–Trinajstić information content (AvgIpc) is 3.47. The molecule has 0 aliphatic carbocycles. The number of nitrogens with zero attached hydrogens (tertiary/aromatic N) is 2. The summed E-state index contributed by atoms with van der Waals surface area (Å²) >= 11 is 0. The second-order valence-corrected chi connectivity index (χ2v) is 17.2. The molecule has 0 radical (unpaired) electrons. The second-order valence-electron chi connectivity index (χ2n) is 17.2. The number of nitrogens with two attached hydrogens (primary N) is 1. The van der Waals surface area contributed by atoms with Crippen LogP contribution in [0.25, 0.3) is 0 Å². The Kier molecular flexibility index (Phi) is 14.4. The molecule has 0 bridgehead atoms. The molecule has 0 aromatic heterocycles. The summed E-state index contributed by atoms with van der Waals surface area (Å²) in [4.78, 5) is 29.4. The van der Waals surface area contributed by atoms with E-state index in [1.807, 2.05) is 40.1 Å². The first-order chi connectivity index (χ1) is 27.7. The lowest BCUT2D eigenvalue weighted by Gasteiger charge is -2.32. The standard InChI is InChI=1S/C27H36BNO3.C20H25BN2O3/c1-6-20-8-7-9-23(18-20)22-14-16-29(17-15-22)25(30)19-21-10-12-24(13-11-21)28-31-26(2,3)27(4,5)32-28;22-14-16-2-1-3-18(12-16)17-8-10-23(11-9-17)20(24)13-15-4-6-19(7-5-15)21(25)26/h7-13,18,22H,6,14-17,19H2,1-5H3;1-7,12,17,25-26H,8-11,13-14,22H2. The second kappa shape index (κ2) is 19.2. The number of carbonyl (C=O) groups is 2. The summed E-state index contributed by atoms with van der Waals surface area (Å²) in [6, 6.07) is 32.3. The van der Waals surface area contributed by atoms with Crippen molar-refractivity contribution < 1.29 is 28.9 Å². The molecule has 0 saturated carbocycles. The Bertz CT molecular complexity index is 1960. The van der Waals surface area contributed by atoms with Gasteiger partial charge in [-0.1, -0.05) is 104 Å². The third-order valence-electron chi connectivity index (χ3n) is 12.7. The Morgan fingerprint density at radius 3 is 1.53 bits per heavy atom. The van der Waals surface area contributed by atoms with E-state index in [2.05, 4.69) is 77.1 Å². The highest BCUT2D eigenvalue weighted by Crippen LogP contribution is 2.36. The first-order valence-corrected chi connectivity index (χ1v) is 21.1. The third-order valence-corrected chi connectivity index (χ3v) is 12.7. The molecule has 306 valence electrons. The molecule has 3 heterocycles. The molecule has 0 spiro atoms.